The number of carbonyl (C=O) groups is 1. The van der Waals surface area contributed by atoms with Crippen LogP contribution in [-0.4, -0.2) is 53.1 Å². The summed E-state index contributed by atoms with van der Waals surface area (Å²) >= 11 is 0. The lowest BCUT2D eigenvalue weighted by Gasteiger charge is -2.27. The number of benzene rings is 3. The monoisotopic (exact) mass is 551 g/mol. The maximum Gasteiger partial charge on any atom is 0.264 e. The van der Waals surface area contributed by atoms with Crippen LogP contribution in [0.2, 0.25) is 0 Å². The normalized spacial score (nSPS) is 14.0. The largest absolute Gasteiger partial charge is 0.493 e. The molecule has 0 radical (unpaired) electrons. The Morgan fingerprint density at radius 2 is 1.56 bits per heavy atom. The van der Waals surface area contributed by atoms with E-state index in [1.165, 1.54) is 39.0 Å². The molecule has 0 bridgehead atoms. The number of nitrogens with zero attached hydrogens (tertiary/aromatic N) is 2. The van der Waals surface area contributed by atoms with Gasteiger partial charge >= 0.3 is 0 Å². The fraction of sp³-hybridized carbons (Fsp3) is 0.367. The van der Waals surface area contributed by atoms with Gasteiger partial charge in [0.25, 0.3) is 10.0 Å². The number of piperidine rings is 1. The minimum Gasteiger partial charge on any atom is -0.493 e. The molecule has 9 heteroatoms. The standard InChI is InChI=1S/C30H37N3O5S/c1-23-11-14-27(15-12-23)39(35,36)33(26-13-16-28(37-2)29(19-26)38-3)22-30(34)31-20-24-9-5-6-10-25(24)21-32-17-7-4-8-18-32/h5-6,9-16,19H,4,7-8,17-18,20-22H2,1-3H3,(H,31,34). The van der Waals surface area contributed by atoms with E-state index in [9.17, 15) is 13.2 Å². The van der Waals surface area contributed by atoms with Gasteiger partial charge in [0, 0.05) is 19.2 Å². The van der Waals surface area contributed by atoms with Crippen LogP contribution in [0.4, 0.5) is 5.69 Å². The molecule has 3 aromatic carbocycles. The first kappa shape index (κ1) is 28.4. The molecule has 1 fully saturated rings. The summed E-state index contributed by atoms with van der Waals surface area (Å²) in [6.07, 6.45) is 3.69. The number of carbonyl (C=O) groups excluding carboxylic acids is 1. The molecule has 3 aromatic rings. The molecule has 0 saturated carbocycles. The number of hydrogen-bond acceptors (Lipinski definition) is 6. The highest BCUT2D eigenvalue weighted by Crippen LogP contribution is 2.33. The number of nitrogens with one attached hydrogen (secondary N) is 1. The molecule has 0 unspecified atom stereocenters. The van der Waals surface area contributed by atoms with Gasteiger partial charge in [0.05, 0.1) is 24.8 Å². The number of amides is 1. The highest BCUT2D eigenvalue weighted by Gasteiger charge is 2.28. The van der Waals surface area contributed by atoms with E-state index in [4.69, 9.17) is 9.47 Å². The minimum absolute atomic E-state index is 0.0996. The Morgan fingerprint density at radius 1 is 0.897 bits per heavy atom. The SMILES string of the molecule is COc1ccc(N(CC(=O)NCc2ccccc2CN2CCCCC2)S(=O)(=O)c2ccc(C)cc2)cc1OC. The molecule has 8 nitrogen and oxygen atoms in total. The number of sulfonamides is 1. The molecule has 0 aliphatic carbocycles. The molecule has 4 rings (SSSR count). The minimum atomic E-state index is -4.05. The first-order valence-corrected chi connectivity index (χ1v) is 14.6. The van der Waals surface area contributed by atoms with Crippen LogP contribution in [-0.2, 0) is 27.9 Å². The van der Waals surface area contributed by atoms with Crippen LogP contribution in [0.15, 0.2) is 71.6 Å². The maximum atomic E-state index is 13.8. The summed E-state index contributed by atoms with van der Waals surface area (Å²) < 4.78 is 39.3. The summed E-state index contributed by atoms with van der Waals surface area (Å²) in [4.78, 5) is 15.8. The predicted octanol–water partition coefficient (Wildman–Crippen LogP) is 4.51. The van der Waals surface area contributed by atoms with Crippen LogP contribution in [0.3, 0.4) is 0 Å². The Morgan fingerprint density at radius 3 is 2.23 bits per heavy atom. The molecular weight excluding hydrogens is 514 g/mol. The van der Waals surface area contributed by atoms with Gasteiger partial charge in [0.15, 0.2) is 11.5 Å². The molecule has 0 atom stereocenters. The maximum absolute atomic E-state index is 13.8. The van der Waals surface area contributed by atoms with Crippen LogP contribution in [0.5, 0.6) is 11.5 Å². The molecule has 1 heterocycles. The van der Waals surface area contributed by atoms with Crippen LogP contribution in [0.1, 0.15) is 36.0 Å². The van der Waals surface area contributed by atoms with Crippen molar-refractivity contribution in [1.29, 1.82) is 0 Å². The van der Waals surface area contributed by atoms with Crippen molar-refractivity contribution in [3.05, 3.63) is 83.4 Å². The molecule has 208 valence electrons. The van der Waals surface area contributed by atoms with Crippen molar-refractivity contribution < 1.29 is 22.7 Å². The second-order valence-corrected chi connectivity index (χ2v) is 11.6. The number of aryl methyl sites for hydroxylation is 1. The van der Waals surface area contributed by atoms with E-state index in [-0.39, 0.29) is 11.4 Å². The lowest BCUT2D eigenvalue weighted by molar-refractivity contribution is -0.119. The van der Waals surface area contributed by atoms with Crippen LogP contribution in [0, 0.1) is 6.92 Å². The van der Waals surface area contributed by atoms with E-state index < -0.39 is 15.9 Å². The molecule has 1 aliphatic heterocycles. The van der Waals surface area contributed by atoms with Crippen LogP contribution >= 0.6 is 0 Å². The highest BCUT2D eigenvalue weighted by molar-refractivity contribution is 7.92. The number of likely N-dealkylation sites (tertiary alicyclic amines) is 1. The first-order valence-electron chi connectivity index (χ1n) is 13.2. The van der Waals surface area contributed by atoms with Crippen molar-refractivity contribution in [2.75, 3.05) is 38.2 Å². The zero-order chi connectivity index (χ0) is 27.8. The molecular formula is C30H37N3O5S. The lowest BCUT2D eigenvalue weighted by atomic mass is 10.0. The highest BCUT2D eigenvalue weighted by atomic mass is 32.2. The number of hydrogen-bond donors (Lipinski definition) is 1. The fourth-order valence-electron chi connectivity index (χ4n) is 4.76. The van der Waals surface area contributed by atoms with E-state index >= 15 is 0 Å². The van der Waals surface area contributed by atoms with E-state index in [1.807, 2.05) is 25.1 Å². The lowest BCUT2D eigenvalue weighted by Crippen LogP contribution is -2.40. The molecule has 1 amide bonds. The topological polar surface area (TPSA) is 88.2 Å². The third kappa shape index (κ3) is 7.10. The first-order chi connectivity index (χ1) is 18.8. The second kappa shape index (κ2) is 13.0. The van der Waals surface area contributed by atoms with Gasteiger partial charge in [-0.2, -0.15) is 0 Å². The van der Waals surface area contributed by atoms with Crippen molar-refractivity contribution in [2.45, 2.75) is 44.2 Å². The quantitative estimate of drug-likeness (QED) is 0.377. The Bertz CT molecular complexity index is 1370. The summed E-state index contributed by atoms with van der Waals surface area (Å²) in [5.74, 6) is 0.420. The van der Waals surface area contributed by atoms with E-state index in [2.05, 4.69) is 16.3 Å². The van der Waals surface area contributed by atoms with Crippen LogP contribution in [0.25, 0.3) is 0 Å². The van der Waals surface area contributed by atoms with Crippen molar-refractivity contribution in [2.24, 2.45) is 0 Å². The third-order valence-electron chi connectivity index (χ3n) is 6.99. The zero-order valence-electron chi connectivity index (χ0n) is 22.9. The molecule has 39 heavy (non-hydrogen) atoms. The average molecular weight is 552 g/mol. The van der Waals surface area contributed by atoms with Gasteiger partial charge in [0.2, 0.25) is 5.91 Å². The molecule has 1 saturated heterocycles. The Labute approximate surface area is 231 Å². The molecule has 0 aromatic heterocycles. The Kier molecular flexibility index (Phi) is 9.48. The van der Waals surface area contributed by atoms with Crippen LogP contribution < -0.4 is 19.1 Å². The third-order valence-corrected chi connectivity index (χ3v) is 8.78. The van der Waals surface area contributed by atoms with Crippen molar-refractivity contribution in [3.63, 3.8) is 0 Å². The van der Waals surface area contributed by atoms with Gasteiger partial charge < -0.3 is 14.8 Å². The Hall–Kier alpha value is -3.56. The smallest absolute Gasteiger partial charge is 0.264 e. The van der Waals surface area contributed by atoms with Gasteiger partial charge in [-0.05, 0) is 68.2 Å². The average Bonchev–Trinajstić information content (AvgIpc) is 2.95. The second-order valence-electron chi connectivity index (χ2n) is 9.75. The van der Waals surface area contributed by atoms with Gasteiger partial charge in [-0.15, -0.1) is 0 Å². The van der Waals surface area contributed by atoms with Gasteiger partial charge in [-0.3, -0.25) is 14.0 Å². The molecule has 1 N–H and O–H groups in total. The summed E-state index contributed by atoms with van der Waals surface area (Å²) in [6, 6.07) is 19.4. The number of ether oxygens (including phenoxy) is 2. The van der Waals surface area contributed by atoms with Crippen molar-refractivity contribution >= 4 is 21.6 Å². The number of methoxy groups -OCH3 is 2. The predicted molar refractivity (Wildman–Crippen MR) is 153 cm³/mol. The zero-order valence-corrected chi connectivity index (χ0v) is 23.7. The summed E-state index contributed by atoms with van der Waals surface area (Å²) in [5, 5.41) is 2.94. The van der Waals surface area contributed by atoms with E-state index in [1.54, 1.807) is 42.5 Å². The Balaban J connectivity index is 1.56. The molecule has 0 spiro atoms. The summed E-state index contributed by atoms with van der Waals surface area (Å²) in [6.45, 7) is 4.81. The fourth-order valence-corrected chi connectivity index (χ4v) is 6.17. The molecule has 1 aliphatic rings. The van der Waals surface area contributed by atoms with Gasteiger partial charge in [-0.1, -0.05) is 48.4 Å². The number of anilines is 1. The van der Waals surface area contributed by atoms with E-state index in [0.29, 0.717) is 23.7 Å². The summed E-state index contributed by atoms with van der Waals surface area (Å²) in [5.41, 5.74) is 3.43. The summed E-state index contributed by atoms with van der Waals surface area (Å²) in [7, 11) is -1.06. The van der Waals surface area contributed by atoms with Gasteiger partial charge in [0.1, 0.15) is 6.54 Å². The van der Waals surface area contributed by atoms with E-state index in [0.717, 1.165) is 35.1 Å². The van der Waals surface area contributed by atoms with Crippen molar-refractivity contribution in [1.82, 2.24) is 10.2 Å². The number of rotatable bonds is 11. The van der Waals surface area contributed by atoms with Crippen molar-refractivity contribution in [3.8, 4) is 11.5 Å². The van der Waals surface area contributed by atoms with Gasteiger partial charge in [-0.25, -0.2) is 8.42 Å².